The molecule has 1 aromatic carbocycles. The van der Waals surface area contributed by atoms with Crippen molar-refractivity contribution in [1.82, 2.24) is 4.98 Å². The van der Waals surface area contributed by atoms with E-state index in [-0.39, 0.29) is 11.7 Å². The molecular formula is C20H18FN3O3S. The molecule has 144 valence electrons. The summed E-state index contributed by atoms with van der Waals surface area (Å²) < 4.78 is 18.5. The van der Waals surface area contributed by atoms with E-state index in [0.717, 1.165) is 5.69 Å². The molecule has 0 spiro atoms. The number of carbonyl (C=O) groups is 2. The minimum atomic E-state index is -0.471. The minimum absolute atomic E-state index is 0.133. The third kappa shape index (κ3) is 3.20. The molecule has 1 N–H and O–H groups in total. The number of rotatable bonds is 4. The molecule has 0 saturated carbocycles. The summed E-state index contributed by atoms with van der Waals surface area (Å²) in [6.07, 6.45) is 0.565. The molecule has 1 saturated heterocycles. The van der Waals surface area contributed by atoms with Gasteiger partial charge in [0.25, 0.3) is 0 Å². The number of aromatic nitrogens is 1. The number of benzene rings is 1. The molecule has 1 aliphatic heterocycles. The number of amides is 1. The molecule has 1 unspecified atom stereocenters. The number of aryl methyl sites for hydroxylation is 1. The van der Waals surface area contributed by atoms with Gasteiger partial charge in [0, 0.05) is 23.3 Å². The summed E-state index contributed by atoms with van der Waals surface area (Å²) in [6, 6.07) is 7.40. The van der Waals surface area contributed by atoms with Crippen LogP contribution in [0.4, 0.5) is 15.1 Å². The maximum atomic E-state index is 13.7. The molecule has 0 aliphatic carbocycles. The molecule has 3 aromatic rings. The topological polar surface area (TPSA) is 71.5 Å². The Morgan fingerprint density at radius 2 is 2.18 bits per heavy atom. The number of hydrogen-bond donors (Lipinski definition) is 1. The summed E-state index contributed by atoms with van der Waals surface area (Å²) in [4.78, 5) is 30.9. The van der Waals surface area contributed by atoms with Crippen LogP contribution in [0.25, 0.3) is 10.9 Å². The van der Waals surface area contributed by atoms with E-state index in [1.165, 1.54) is 30.6 Å². The van der Waals surface area contributed by atoms with Crippen LogP contribution in [0.15, 0.2) is 35.7 Å². The lowest BCUT2D eigenvalue weighted by atomic mass is 10.1. The van der Waals surface area contributed by atoms with Crippen molar-refractivity contribution in [2.45, 2.75) is 19.4 Å². The van der Waals surface area contributed by atoms with Crippen molar-refractivity contribution in [1.29, 1.82) is 0 Å². The Kier molecular flexibility index (Phi) is 4.72. The van der Waals surface area contributed by atoms with Crippen molar-refractivity contribution in [3.63, 3.8) is 0 Å². The number of ether oxygens (including phenoxy) is 1. The smallest absolute Gasteiger partial charge is 0.340 e. The monoisotopic (exact) mass is 399 g/mol. The Morgan fingerprint density at radius 3 is 2.96 bits per heavy atom. The highest BCUT2D eigenvalue weighted by Crippen LogP contribution is 2.33. The van der Waals surface area contributed by atoms with Gasteiger partial charge in [0.05, 0.1) is 18.2 Å². The first-order valence-corrected chi connectivity index (χ1v) is 9.66. The number of fused-ring (bicyclic) bond motifs is 1. The molecule has 6 nitrogen and oxygen atoms in total. The van der Waals surface area contributed by atoms with Gasteiger partial charge in [-0.05, 0) is 49.1 Å². The van der Waals surface area contributed by atoms with Crippen molar-refractivity contribution < 1.29 is 18.7 Å². The van der Waals surface area contributed by atoms with Gasteiger partial charge < -0.3 is 15.0 Å². The van der Waals surface area contributed by atoms with Crippen molar-refractivity contribution >= 4 is 44.8 Å². The molecule has 0 radical (unpaired) electrons. The number of thiophene rings is 1. The molecule has 4 rings (SSSR count). The highest BCUT2D eigenvalue weighted by molar-refractivity contribution is 7.14. The van der Waals surface area contributed by atoms with Crippen molar-refractivity contribution in [3.05, 3.63) is 52.8 Å². The zero-order valence-corrected chi connectivity index (χ0v) is 16.2. The number of esters is 1. The highest BCUT2D eigenvalue weighted by atomic mass is 32.1. The number of nitrogens with zero attached hydrogens (tertiary/aromatic N) is 2. The van der Waals surface area contributed by atoms with E-state index in [9.17, 15) is 14.0 Å². The number of pyridine rings is 1. The fourth-order valence-corrected chi connectivity index (χ4v) is 4.35. The first kappa shape index (κ1) is 18.4. The predicted octanol–water partition coefficient (Wildman–Crippen LogP) is 3.75. The number of halogens is 1. The van der Waals surface area contributed by atoms with E-state index >= 15 is 0 Å². The lowest BCUT2D eigenvalue weighted by molar-refractivity contribution is -0.117. The second-order valence-electron chi connectivity index (χ2n) is 6.58. The Bertz CT molecular complexity index is 1080. The lowest BCUT2D eigenvalue weighted by Crippen LogP contribution is -2.33. The normalized spacial score (nSPS) is 16.6. The van der Waals surface area contributed by atoms with Crippen molar-refractivity contribution in [2.24, 2.45) is 0 Å². The van der Waals surface area contributed by atoms with Gasteiger partial charge in [0.2, 0.25) is 5.91 Å². The number of carbonyl (C=O) groups excluding carboxylic acids is 2. The van der Waals surface area contributed by atoms with Gasteiger partial charge in [0.15, 0.2) is 0 Å². The third-order valence-electron chi connectivity index (χ3n) is 4.73. The van der Waals surface area contributed by atoms with Crippen LogP contribution in [-0.2, 0) is 9.53 Å². The Balaban J connectivity index is 1.62. The summed E-state index contributed by atoms with van der Waals surface area (Å²) >= 11 is 1.33. The van der Waals surface area contributed by atoms with E-state index in [1.54, 1.807) is 22.4 Å². The Hall–Kier alpha value is -3.00. The van der Waals surface area contributed by atoms with Gasteiger partial charge in [-0.1, -0.05) is 0 Å². The Labute approximate surface area is 164 Å². The van der Waals surface area contributed by atoms with Gasteiger partial charge in [-0.25, -0.2) is 9.18 Å². The van der Waals surface area contributed by atoms with Crippen LogP contribution in [0.5, 0.6) is 0 Å². The van der Waals surface area contributed by atoms with Crippen LogP contribution in [0.1, 0.15) is 22.5 Å². The molecule has 1 amide bonds. The molecular weight excluding hydrogens is 381 g/mol. The molecule has 1 aliphatic rings. The summed E-state index contributed by atoms with van der Waals surface area (Å²) in [7, 11) is 1.32. The van der Waals surface area contributed by atoms with Crippen LogP contribution in [0.3, 0.4) is 0 Å². The zero-order valence-electron chi connectivity index (χ0n) is 15.4. The van der Waals surface area contributed by atoms with E-state index in [0.29, 0.717) is 40.1 Å². The average Bonchev–Trinajstić information content (AvgIpc) is 3.29. The van der Waals surface area contributed by atoms with Gasteiger partial charge >= 0.3 is 5.97 Å². The second kappa shape index (κ2) is 7.20. The number of hydrogen-bond acceptors (Lipinski definition) is 6. The third-order valence-corrected chi connectivity index (χ3v) is 5.67. The van der Waals surface area contributed by atoms with Crippen molar-refractivity contribution in [3.8, 4) is 0 Å². The maximum Gasteiger partial charge on any atom is 0.340 e. The van der Waals surface area contributed by atoms with E-state index in [1.807, 2.05) is 13.0 Å². The summed E-state index contributed by atoms with van der Waals surface area (Å²) in [6.45, 7) is 2.34. The number of nitrogens with one attached hydrogen (secondary N) is 1. The second-order valence-corrected chi connectivity index (χ2v) is 7.47. The molecule has 1 atom stereocenters. The standard InChI is InChI=1S/C20H18FN3O3S/c1-11-9-17(14-10-12(21)3-4-15(14)22-11)23-16-5-7-24(18(16)25)19-13(6-8-28-19)20(26)27-2/h3-4,6,8-10,16H,5,7H2,1-2H3,(H,22,23). The van der Waals surface area contributed by atoms with Gasteiger partial charge in [0.1, 0.15) is 16.9 Å². The quantitative estimate of drug-likeness (QED) is 0.677. The van der Waals surface area contributed by atoms with Crippen LogP contribution < -0.4 is 10.2 Å². The fraction of sp³-hybridized carbons (Fsp3) is 0.250. The first-order valence-electron chi connectivity index (χ1n) is 8.78. The SMILES string of the molecule is COC(=O)c1ccsc1N1CCC(Nc2cc(C)nc3ccc(F)cc23)C1=O. The number of anilines is 2. The maximum absolute atomic E-state index is 13.7. The number of methoxy groups -OCH3 is 1. The summed E-state index contributed by atoms with van der Waals surface area (Å²) in [5.41, 5.74) is 2.49. The molecule has 0 bridgehead atoms. The zero-order chi connectivity index (χ0) is 19.8. The average molecular weight is 399 g/mol. The predicted molar refractivity (Wildman–Crippen MR) is 106 cm³/mol. The largest absolute Gasteiger partial charge is 0.465 e. The fourth-order valence-electron chi connectivity index (χ4n) is 3.43. The van der Waals surface area contributed by atoms with Gasteiger partial charge in [-0.3, -0.25) is 9.78 Å². The highest BCUT2D eigenvalue weighted by Gasteiger charge is 2.35. The molecule has 8 heteroatoms. The molecule has 28 heavy (non-hydrogen) atoms. The van der Waals surface area contributed by atoms with E-state index < -0.39 is 12.0 Å². The molecule has 3 heterocycles. The Morgan fingerprint density at radius 1 is 1.36 bits per heavy atom. The molecule has 2 aromatic heterocycles. The summed E-state index contributed by atoms with van der Waals surface area (Å²) in [5, 5.41) is 6.22. The first-order chi connectivity index (χ1) is 13.5. The minimum Gasteiger partial charge on any atom is -0.465 e. The van der Waals surface area contributed by atoms with Crippen LogP contribution in [-0.4, -0.2) is 36.6 Å². The van der Waals surface area contributed by atoms with Crippen LogP contribution >= 0.6 is 11.3 Å². The molecule has 1 fully saturated rings. The summed E-state index contributed by atoms with van der Waals surface area (Å²) in [5.74, 6) is -0.958. The van der Waals surface area contributed by atoms with Crippen molar-refractivity contribution in [2.75, 3.05) is 23.9 Å². The lowest BCUT2D eigenvalue weighted by Gasteiger charge is -2.18. The van der Waals surface area contributed by atoms with Gasteiger partial charge in [-0.15, -0.1) is 11.3 Å². The van der Waals surface area contributed by atoms with Gasteiger partial charge in [-0.2, -0.15) is 0 Å². The van der Waals surface area contributed by atoms with E-state index in [4.69, 9.17) is 4.74 Å². The van der Waals surface area contributed by atoms with Crippen LogP contribution in [0, 0.1) is 12.7 Å². The van der Waals surface area contributed by atoms with E-state index in [2.05, 4.69) is 10.3 Å². The van der Waals surface area contributed by atoms with Crippen LogP contribution in [0.2, 0.25) is 0 Å².